The van der Waals surface area contributed by atoms with E-state index < -0.39 is 11.7 Å². The lowest BCUT2D eigenvalue weighted by Crippen LogP contribution is -2.55. The summed E-state index contributed by atoms with van der Waals surface area (Å²) in [6.45, 7) is 0. The van der Waals surface area contributed by atoms with Gasteiger partial charge in [0.15, 0.2) is 0 Å². The normalized spacial score (nSPS) is 23.5. The van der Waals surface area contributed by atoms with Gasteiger partial charge in [0.1, 0.15) is 12.2 Å². The largest absolute Gasteiger partial charge is 0.353 e. The van der Waals surface area contributed by atoms with Crippen molar-refractivity contribution in [2.45, 2.75) is 25.0 Å². The molecule has 108 valence electrons. The fourth-order valence-electron chi connectivity index (χ4n) is 3.34. The predicted molar refractivity (Wildman–Crippen MR) is 74.4 cm³/mol. The smallest absolute Gasteiger partial charge is 0.322 e. The number of aromatic nitrogens is 3. The molecule has 0 N–H and O–H groups in total. The Morgan fingerprint density at radius 3 is 2.33 bits per heavy atom. The highest BCUT2D eigenvalue weighted by Gasteiger charge is 2.45. The summed E-state index contributed by atoms with van der Waals surface area (Å²) in [5.41, 5.74) is -0.306. The molecular weight excluding hydrogens is 272 g/mol. The van der Waals surface area contributed by atoms with Crippen molar-refractivity contribution in [1.82, 2.24) is 18.8 Å². The first kappa shape index (κ1) is 12.2. The Kier molecular flexibility index (Phi) is 2.30. The van der Waals surface area contributed by atoms with Crippen LogP contribution in [0.2, 0.25) is 0 Å². The van der Waals surface area contributed by atoms with Crippen molar-refractivity contribution in [3.05, 3.63) is 51.3 Å². The predicted octanol–water partition coefficient (Wildman–Crippen LogP) is 0.106. The number of amides is 1. The first-order valence-electron chi connectivity index (χ1n) is 6.89. The number of rotatable bonds is 1. The Labute approximate surface area is 119 Å². The van der Waals surface area contributed by atoms with E-state index in [9.17, 15) is 14.4 Å². The van der Waals surface area contributed by atoms with E-state index in [-0.39, 0.29) is 17.8 Å². The first-order chi connectivity index (χ1) is 10.1. The van der Waals surface area contributed by atoms with Crippen molar-refractivity contribution in [1.29, 1.82) is 0 Å². The molecule has 2 atom stereocenters. The summed E-state index contributed by atoms with van der Waals surface area (Å²) in [6, 6.07) is 8.22. The van der Waals surface area contributed by atoms with Crippen LogP contribution in [-0.2, 0) is 4.79 Å². The van der Waals surface area contributed by atoms with Crippen LogP contribution in [0.25, 0.3) is 5.69 Å². The van der Waals surface area contributed by atoms with Crippen LogP contribution < -0.4 is 11.4 Å². The van der Waals surface area contributed by atoms with E-state index in [1.165, 1.54) is 9.36 Å². The van der Waals surface area contributed by atoms with E-state index in [0.717, 1.165) is 4.57 Å². The zero-order valence-corrected chi connectivity index (χ0v) is 11.5. The van der Waals surface area contributed by atoms with E-state index in [1.54, 1.807) is 36.2 Å². The average molecular weight is 286 g/mol. The lowest BCUT2D eigenvalue weighted by atomic mass is 10.0. The van der Waals surface area contributed by atoms with Gasteiger partial charge in [-0.2, -0.15) is 0 Å². The molecule has 0 spiro atoms. The summed E-state index contributed by atoms with van der Waals surface area (Å²) in [4.78, 5) is 39.0. The van der Waals surface area contributed by atoms with Crippen molar-refractivity contribution in [2.24, 2.45) is 0 Å². The molecule has 1 aromatic heterocycles. The Balaban J connectivity index is 2.04. The van der Waals surface area contributed by atoms with Crippen LogP contribution in [0.1, 0.15) is 25.0 Å². The molecule has 5 rings (SSSR count). The van der Waals surface area contributed by atoms with Crippen molar-refractivity contribution < 1.29 is 4.79 Å². The molecule has 0 unspecified atom stereocenters. The maximum Gasteiger partial charge on any atom is 0.353 e. The van der Waals surface area contributed by atoms with Crippen molar-refractivity contribution in [3.63, 3.8) is 0 Å². The summed E-state index contributed by atoms with van der Waals surface area (Å²) < 4.78 is 3.88. The summed E-state index contributed by atoms with van der Waals surface area (Å²) in [5, 5.41) is 0. The number of hydrogen-bond donors (Lipinski definition) is 0. The molecule has 1 aromatic carbocycles. The van der Waals surface area contributed by atoms with Crippen LogP contribution in [0.3, 0.4) is 0 Å². The molecule has 0 radical (unpaired) electrons. The van der Waals surface area contributed by atoms with E-state index >= 15 is 0 Å². The van der Waals surface area contributed by atoms with Gasteiger partial charge in [-0.1, -0.05) is 18.2 Å². The molecule has 2 aromatic rings. The number of hydrogen-bond acceptors (Lipinski definition) is 3. The van der Waals surface area contributed by atoms with Crippen LogP contribution in [0, 0.1) is 0 Å². The van der Waals surface area contributed by atoms with Gasteiger partial charge in [-0.3, -0.25) is 4.79 Å². The van der Waals surface area contributed by atoms with Gasteiger partial charge < -0.3 is 4.90 Å². The highest BCUT2D eigenvalue weighted by atomic mass is 16.2. The van der Waals surface area contributed by atoms with Gasteiger partial charge in [0, 0.05) is 7.05 Å². The second-order valence-corrected chi connectivity index (χ2v) is 5.45. The minimum atomic E-state index is -0.565. The molecule has 21 heavy (non-hydrogen) atoms. The second kappa shape index (κ2) is 3.97. The molecule has 7 nitrogen and oxygen atoms in total. The lowest BCUT2D eigenvalue weighted by molar-refractivity contribution is -0.149. The summed E-state index contributed by atoms with van der Waals surface area (Å²) in [6.07, 6.45) is 0.935. The van der Waals surface area contributed by atoms with E-state index in [2.05, 4.69) is 0 Å². The van der Waals surface area contributed by atoms with E-state index in [4.69, 9.17) is 0 Å². The third-order valence-electron chi connectivity index (χ3n) is 4.38. The quantitative estimate of drug-likeness (QED) is 0.747. The molecular formula is C14H14N4O3. The molecule has 2 bridgehead atoms. The number of para-hydroxylation sites is 1. The Morgan fingerprint density at radius 1 is 0.952 bits per heavy atom. The van der Waals surface area contributed by atoms with Gasteiger partial charge in [0.05, 0.1) is 5.69 Å². The van der Waals surface area contributed by atoms with Crippen LogP contribution in [0.4, 0.5) is 0 Å². The summed E-state index contributed by atoms with van der Waals surface area (Å²) in [5.74, 6) is -0.0986. The third kappa shape index (κ3) is 1.40. The number of carbonyl (C=O) groups is 1. The maximum atomic E-state index is 12.6. The second-order valence-electron chi connectivity index (χ2n) is 5.45. The third-order valence-corrected chi connectivity index (χ3v) is 4.38. The number of carbonyl (C=O) groups excluding carboxylic acids is 1. The molecule has 1 saturated heterocycles. The molecule has 0 aliphatic carbocycles. The summed E-state index contributed by atoms with van der Waals surface area (Å²) in [7, 11) is 1.68. The number of nitrogens with zero attached hydrogens (tertiary/aromatic N) is 4. The standard InChI is InChI=1S/C14H14N4O3/c1-15-11-8-7-10(12(15)19)17-13(20)16(14(21)18(11)17)9-5-3-2-4-6-9/h2-6,10-11H,7-8H2,1H3/t10-,11-/m0/s1. The van der Waals surface area contributed by atoms with Crippen LogP contribution >= 0.6 is 0 Å². The Bertz CT molecular complexity index is 845. The number of fused-ring (bicyclic) bond motifs is 2. The van der Waals surface area contributed by atoms with E-state index in [1.807, 2.05) is 6.07 Å². The van der Waals surface area contributed by atoms with Crippen molar-refractivity contribution in [3.8, 4) is 5.69 Å². The van der Waals surface area contributed by atoms with Crippen molar-refractivity contribution in [2.75, 3.05) is 7.05 Å². The fourth-order valence-corrected chi connectivity index (χ4v) is 3.34. The van der Waals surface area contributed by atoms with Crippen LogP contribution in [0.15, 0.2) is 39.9 Å². The monoisotopic (exact) mass is 286 g/mol. The molecule has 0 saturated carbocycles. The number of benzene rings is 1. The Hall–Kier alpha value is -2.57. The Morgan fingerprint density at radius 2 is 1.62 bits per heavy atom. The van der Waals surface area contributed by atoms with Gasteiger partial charge in [-0.15, -0.1) is 0 Å². The summed E-state index contributed by atoms with van der Waals surface area (Å²) >= 11 is 0. The minimum Gasteiger partial charge on any atom is -0.322 e. The van der Waals surface area contributed by atoms with Gasteiger partial charge in [-0.05, 0) is 25.0 Å². The molecule has 4 heterocycles. The van der Waals surface area contributed by atoms with E-state index in [0.29, 0.717) is 18.5 Å². The van der Waals surface area contributed by atoms with Gasteiger partial charge in [0.2, 0.25) is 5.91 Å². The fraction of sp³-hybridized carbons (Fsp3) is 0.357. The average Bonchev–Trinajstić information content (AvgIpc) is 2.78. The maximum absolute atomic E-state index is 12.6. The number of piperidine rings is 1. The van der Waals surface area contributed by atoms with Gasteiger partial charge in [-0.25, -0.2) is 23.5 Å². The zero-order chi connectivity index (χ0) is 14.7. The van der Waals surface area contributed by atoms with Crippen LogP contribution in [-0.4, -0.2) is 31.8 Å². The van der Waals surface area contributed by atoms with Crippen molar-refractivity contribution >= 4 is 5.91 Å². The van der Waals surface area contributed by atoms with Gasteiger partial charge >= 0.3 is 11.4 Å². The molecule has 1 fully saturated rings. The molecule has 1 amide bonds. The first-order valence-corrected chi connectivity index (χ1v) is 6.89. The highest BCUT2D eigenvalue weighted by Crippen LogP contribution is 2.35. The topological polar surface area (TPSA) is 69.2 Å². The molecule has 7 heteroatoms. The number of likely N-dealkylation sites (N-methyl/N-ethyl adjacent to an activating group) is 1. The molecule has 3 aliphatic heterocycles. The minimum absolute atomic E-state index is 0.0986. The SMILES string of the molecule is CN1C(=O)[C@@H]2CC[C@@H]1n1c(=O)n(-c3ccccc3)c(=O)n12. The van der Waals surface area contributed by atoms with Crippen LogP contribution in [0.5, 0.6) is 0 Å². The van der Waals surface area contributed by atoms with Gasteiger partial charge in [0.25, 0.3) is 0 Å². The molecule has 3 aliphatic rings. The lowest BCUT2D eigenvalue weighted by Gasteiger charge is -2.43. The highest BCUT2D eigenvalue weighted by molar-refractivity contribution is 5.81. The zero-order valence-electron chi connectivity index (χ0n) is 11.5.